The van der Waals surface area contributed by atoms with Crippen LogP contribution in [0.5, 0.6) is 0 Å². The summed E-state index contributed by atoms with van der Waals surface area (Å²) in [6.45, 7) is 0.426. The van der Waals surface area contributed by atoms with Crippen molar-refractivity contribution < 1.29 is 13.5 Å². The van der Waals surface area contributed by atoms with Crippen LogP contribution in [0.4, 0.5) is 8.78 Å². The largest absolute Gasteiger partial charge is 0.380 e. The first-order valence-corrected chi connectivity index (χ1v) is 5.45. The van der Waals surface area contributed by atoms with Gasteiger partial charge in [0.05, 0.1) is 18.2 Å². The third-order valence-electron chi connectivity index (χ3n) is 3.08. The van der Waals surface area contributed by atoms with Gasteiger partial charge in [0, 0.05) is 20.0 Å². The summed E-state index contributed by atoms with van der Waals surface area (Å²) < 4.78 is 30.6. The van der Waals surface area contributed by atoms with Crippen molar-refractivity contribution in [2.45, 2.75) is 31.3 Å². The summed E-state index contributed by atoms with van der Waals surface area (Å²) in [5.74, 6) is -2.74. The number of hydrogen-bond donors (Lipinski definition) is 0. The van der Waals surface area contributed by atoms with Crippen molar-refractivity contribution in [3.8, 4) is 6.07 Å². The molecular weight excluding hydrogens is 224 g/mol. The zero-order valence-electron chi connectivity index (χ0n) is 9.54. The summed E-state index contributed by atoms with van der Waals surface area (Å²) in [4.78, 5) is 0. The molecule has 0 aromatic heterocycles. The molecule has 1 fully saturated rings. The first-order valence-electron chi connectivity index (χ1n) is 5.45. The van der Waals surface area contributed by atoms with Gasteiger partial charge in [-0.05, 0) is 23.1 Å². The van der Waals surface area contributed by atoms with Gasteiger partial charge >= 0.3 is 0 Å². The fourth-order valence-electron chi connectivity index (χ4n) is 2.19. The Morgan fingerprint density at radius 2 is 2.18 bits per heavy atom. The predicted molar refractivity (Wildman–Crippen MR) is 58.8 cm³/mol. The number of benzene rings is 1. The van der Waals surface area contributed by atoms with Gasteiger partial charge < -0.3 is 4.74 Å². The van der Waals surface area contributed by atoms with Crippen LogP contribution in [0.1, 0.15) is 35.4 Å². The molecule has 0 amide bonds. The Balaban J connectivity index is 2.21. The van der Waals surface area contributed by atoms with E-state index in [0.29, 0.717) is 12.2 Å². The lowest BCUT2D eigenvalue weighted by Crippen LogP contribution is -2.34. The highest BCUT2D eigenvalue weighted by Gasteiger charge is 2.46. The normalized spacial score (nSPS) is 18.5. The second kappa shape index (κ2) is 4.42. The highest BCUT2D eigenvalue weighted by Crippen LogP contribution is 2.49. The molecule has 1 aliphatic rings. The Bertz CT molecular complexity index is 457. The highest BCUT2D eigenvalue weighted by atomic mass is 19.3. The molecule has 0 saturated heterocycles. The zero-order chi connectivity index (χ0) is 12.5. The molecule has 1 saturated carbocycles. The molecule has 1 aromatic rings. The lowest BCUT2D eigenvalue weighted by atomic mass is 9.75. The van der Waals surface area contributed by atoms with Crippen molar-refractivity contribution in [2.24, 2.45) is 0 Å². The molecular formula is C13H13F2NO. The van der Waals surface area contributed by atoms with Gasteiger partial charge in [0.25, 0.3) is 0 Å². The molecule has 2 nitrogen and oxygen atoms in total. The third kappa shape index (κ3) is 2.45. The quantitative estimate of drug-likeness (QED) is 0.808. The van der Waals surface area contributed by atoms with Crippen LogP contribution in [-0.4, -0.2) is 13.0 Å². The van der Waals surface area contributed by atoms with Gasteiger partial charge in [-0.2, -0.15) is 5.26 Å². The molecule has 0 heterocycles. The minimum absolute atomic E-state index is 0.148. The van der Waals surface area contributed by atoms with Crippen LogP contribution < -0.4 is 0 Å². The van der Waals surface area contributed by atoms with E-state index in [0.717, 1.165) is 11.1 Å². The maximum atomic E-state index is 12.8. The van der Waals surface area contributed by atoms with E-state index in [1.165, 1.54) is 0 Å². The summed E-state index contributed by atoms with van der Waals surface area (Å²) in [6, 6.07) is 7.39. The molecule has 0 aliphatic heterocycles. The molecule has 0 N–H and O–H groups in total. The second-order valence-electron chi connectivity index (χ2n) is 4.43. The Kier molecular flexibility index (Phi) is 3.12. The lowest BCUT2D eigenvalue weighted by molar-refractivity contribution is -0.0868. The maximum absolute atomic E-state index is 12.8. The first kappa shape index (κ1) is 12.0. The lowest BCUT2D eigenvalue weighted by Gasteiger charge is -2.35. The number of rotatable bonds is 3. The van der Waals surface area contributed by atoms with E-state index in [9.17, 15) is 8.78 Å². The third-order valence-corrected chi connectivity index (χ3v) is 3.08. The Hall–Kier alpha value is -1.47. The molecule has 0 radical (unpaired) electrons. The van der Waals surface area contributed by atoms with Gasteiger partial charge in [0.2, 0.25) is 5.92 Å². The summed E-state index contributed by atoms with van der Waals surface area (Å²) in [5, 5.41) is 9.03. The summed E-state index contributed by atoms with van der Waals surface area (Å²) in [7, 11) is 1.58. The van der Waals surface area contributed by atoms with E-state index in [1.54, 1.807) is 19.2 Å². The standard InChI is InChI=1S/C13H13F2NO/c1-17-8-9-2-3-12(10(4-9)7-16)11-5-13(14,15)6-11/h2-4,11H,5-6,8H2,1H3. The number of nitriles is 1. The minimum atomic E-state index is -2.55. The number of methoxy groups -OCH3 is 1. The number of halogens is 2. The number of nitrogens with zero attached hydrogens (tertiary/aromatic N) is 1. The van der Waals surface area contributed by atoms with E-state index in [4.69, 9.17) is 10.00 Å². The van der Waals surface area contributed by atoms with Crippen LogP contribution in [0, 0.1) is 11.3 Å². The van der Waals surface area contributed by atoms with E-state index < -0.39 is 5.92 Å². The average molecular weight is 237 g/mol. The van der Waals surface area contributed by atoms with Crippen LogP contribution in [0.3, 0.4) is 0 Å². The van der Waals surface area contributed by atoms with Crippen molar-refractivity contribution in [1.82, 2.24) is 0 Å². The molecule has 0 bridgehead atoms. The smallest absolute Gasteiger partial charge is 0.249 e. The van der Waals surface area contributed by atoms with Gasteiger partial charge in [0.15, 0.2) is 0 Å². The zero-order valence-corrected chi connectivity index (χ0v) is 9.54. The van der Waals surface area contributed by atoms with E-state index >= 15 is 0 Å². The van der Waals surface area contributed by atoms with Gasteiger partial charge in [-0.1, -0.05) is 12.1 Å². The number of alkyl halides is 2. The maximum Gasteiger partial charge on any atom is 0.249 e. The van der Waals surface area contributed by atoms with Gasteiger partial charge in [-0.15, -0.1) is 0 Å². The molecule has 0 spiro atoms. The minimum Gasteiger partial charge on any atom is -0.380 e. The monoisotopic (exact) mass is 237 g/mol. The number of hydrogen-bond acceptors (Lipinski definition) is 2. The van der Waals surface area contributed by atoms with Crippen molar-refractivity contribution in [1.29, 1.82) is 5.26 Å². The van der Waals surface area contributed by atoms with Crippen LogP contribution in [0.2, 0.25) is 0 Å². The molecule has 0 unspecified atom stereocenters. The molecule has 2 rings (SSSR count). The first-order chi connectivity index (χ1) is 8.05. The Morgan fingerprint density at radius 3 is 2.71 bits per heavy atom. The van der Waals surface area contributed by atoms with E-state index in [-0.39, 0.29) is 18.8 Å². The fraction of sp³-hybridized carbons (Fsp3) is 0.462. The molecule has 1 aliphatic carbocycles. The SMILES string of the molecule is COCc1ccc(C2CC(F)(F)C2)c(C#N)c1. The topological polar surface area (TPSA) is 33.0 Å². The summed E-state index contributed by atoms with van der Waals surface area (Å²) in [6.07, 6.45) is -0.295. The molecule has 17 heavy (non-hydrogen) atoms. The number of ether oxygens (including phenoxy) is 1. The molecule has 1 aromatic carbocycles. The van der Waals surface area contributed by atoms with Crippen LogP contribution in [0.25, 0.3) is 0 Å². The summed E-state index contributed by atoms with van der Waals surface area (Å²) in [5.41, 5.74) is 2.11. The van der Waals surface area contributed by atoms with E-state index in [2.05, 4.69) is 6.07 Å². The van der Waals surface area contributed by atoms with Gasteiger partial charge in [-0.25, -0.2) is 8.78 Å². The molecule has 4 heteroatoms. The highest BCUT2D eigenvalue weighted by molar-refractivity contribution is 5.43. The Morgan fingerprint density at radius 1 is 1.47 bits per heavy atom. The van der Waals surface area contributed by atoms with Crippen molar-refractivity contribution >= 4 is 0 Å². The van der Waals surface area contributed by atoms with Crippen molar-refractivity contribution in [2.75, 3.05) is 7.11 Å². The fourth-order valence-corrected chi connectivity index (χ4v) is 2.19. The van der Waals surface area contributed by atoms with Crippen molar-refractivity contribution in [3.05, 3.63) is 34.9 Å². The van der Waals surface area contributed by atoms with Crippen molar-refractivity contribution in [3.63, 3.8) is 0 Å². The summed E-state index contributed by atoms with van der Waals surface area (Å²) >= 11 is 0. The predicted octanol–water partition coefficient (Wildman–Crippen LogP) is 3.22. The van der Waals surface area contributed by atoms with Crippen LogP contribution in [0.15, 0.2) is 18.2 Å². The second-order valence-corrected chi connectivity index (χ2v) is 4.43. The van der Waals surface area contributed by atoms with Gasteiger partial charge in [0.1, 0.15) is 0 Å². The van der Waals surface area contributed by atoms with E-state index in [1.807, 2.05) is 6.07 Å². The Labute approximate surface area is 98.8 Å². The van der Waals surface area contributed by atoms with Crippen LogP contribution in [-0.2, 0) is 11.3 Å². The average Bonchev–Trinajstić information content (AvgIpc) is 2.26. The molecule has 90 valence electrons. The van der Waals surface area contributed by atoms with Crippen LogP contribution >= 0.6 is 0 Å². The molecule has 0 atom stereocenters. The van der Waals surface area contributed by atoms with Gasteiger partial charge in [-0.3, -0.25) is 0 Å².